The molecule has 21 heavy (non-hydrogen) atoms. The van der Waals surface area contributed by atoms with Gasteiger partial charge in [0.2, 0.25) is 5.91 Å². The lowest BCUT2D eigenvalue weighted by molar-refractivity contribution is -0.137. The average Bonchev–Trinajstić information content (AvgIpc) is 2.86. The predicted octanol–water partition coefficient (Wildman–Crippen LogP) is 2.41. The second kappa shape index (κ2) is 6.00. The molecular formula is C16H24N4O. The van der Waals surface area contributed by atoms with Crippen LogP contribution in [0.25, 0.3) is 0 Å². The van der Waals surface area contributed by atoms with E-state index in [2.05, 4.69) is 27.1 Å². The third-order valence-electron chi connectivity index (χ3n) is 4.58. The standard InChI is InChI=1S/C16H24N4O/c1-12-17-13(2)20(18-12)15-9-6-10-19(11-15)16(21)14-7-4-3-5-8-14/h3-4,14-15H,5-11H2,1-2H3/t14-,15-/m1/s1. The van der Waals surface area contributed by atoms with Gasteiger partial charge in [0.15, 0.2) is 0 Å². The van der Waals surface area contributed by atoms with Gasteiger partial charge in [-0.1, -0.05) is 12.2 Å². The molecule has 0 unspecified atom stereocenters. The van der Waals surface area contributed by atoms with Crippen molar-refractivity contribution in [2.75, 3.05) is 13.1 Å². The zero-order chi connectivity index (χ0) is 14.8. The number of rotatable bonds is 2. The number of hydrogen-bond donors (Lipinski definition) is 0. The summed E-state index contributed by atoms with van der Waals surface area (Å²) in [6, 6.07) is 0.281. The number of amides is 1. The maximum Gasteiger partial charge on any atom is 0.226 e. The molecule has 0 saturated carbocycles. The van der Waals surface area contributed by atoms with Crippen molar-refractivity contribution in [3.63, 3.8) is 0 Å². The van der Waals surface area contributed by atoms with Crippen LogP contribution in [0.5, 0.6) is 0 Å². The third kappa shape index (κ3) is 3.01. The van der Waals surface area contributed by atoms with Crippen LogP contribution in [0.4, 0.5) is 0 Å². The molecule has 0 bridgehead atoms. The first-order chi connectivity index (χ1) is 10.1. The van der Waals surface area contributed by atoms with Crippen molar-refractivity contribution in [1.29, 1.82) is 0 Å². The number of aromatic nitrogens is 3. The summed E-state index contributed by atoms with van der Waals surface area (Å²) in [6.07, 6.45) is 9.41. The molecular weight excluding hydrogens is 264 g/mol. The summed E-state index contributed by atoms with van der Waals surface area (Å²) in [4.78, 5) is 19.1. The van der Waals surface area contributed by atoms with Crippen molar-refractivity contribution in [3.8, 4) is 0 Å². The van der Waals surface area contributed by atoms with Crippen LogP contribution in [0.1, 0.15) is 49.8 Å². The minimum Gasteiger partial charge on any atom is -0.340 e. The molecule has 0 N–H and O–H groups in total. The highest BCUT2D eigenvalue weighted by molar-refractivity contribution is 5.79. The summed E-state index contributed by atoms with van der Waals surface area (Å²) in [6.45, 7) is 5.58. The molecule has 1 aliphatic heterocycles. The molecule has 1 saturated heterocycles. The fraction of sp³-hybridized carbons (Fsp3) is 0.688. The molecule has 0 spiro atoms. The van der Waals surface area contributed by atoms with Gasteiger partial charge in [-0.05, 0) is 46.0 Å². The Bertz CT molecular complexity index is 548. The Morgan fingerprint density at radius 1 is 1.29 bits per heavy atom. The highest BCUT2D eigenvalue weighted by Crippen LogP contribution is 2.26. The highest BCUT2D eigenvalue weighted by atomic mass is 16.2. The third-order valence-corrected chi connectivity index (χ3v) is 4.58. The van der Waals surface area contributed by atoms with Gasteiger partial charge >= 0.3 is 0 Å². The van der Waals surface area contributed by atoms with Crippen LogP contribution in [0.3, 0.4) is 0 Å². The largest absolute Gasteiger partial charge is 0.340 e. The number of hydrogen-bond acceptors (Lipinski definition) is 3. The minimum atomic E-state index is 0.187. The zero-order valence-electron chi connectivity index (χ0n) is 13.0. The summed E-state index contributed by atoms with van der Waals surface area (Å²) in [5.74, 6) is 2.28. The van der Waals surface area contributed by atoms with Gasteiger partial charge < -0.3 is 4.90 Å². The Balaban J connectivity index is 1.69. The quantitative estimate of drug-likeness (QED) is 0.785. The minimum absolute atomic E-state index is 0.187. The smallest absolute Gasteiger partial charge is 0.226 e. The number of aryl methyl sites for hydroxylation is 2. The fourth-order valence-corrected chi connectivity index (χ4v) is 3.51. The summed E-state index contributed by atoms with van der Waals surface area (Å²) in [7, 11) is 0. The lowest BCUT2D eigenvalue weighted by Crippen LogP contribution is -2.44. The normalized spacial score (nSPS) is 26.1. The van der Waals surface area contributed by atoms with E-state index in [9.17, 15) is 4.79 Å². The number of piperidine rings is 1. The number of carbonyl (C=O) groups is 1. The number of allylic oxidation sites excluding steroid dienone is 2. The van der Waals surface area contributed by atoms with Gasteiger partial charge in [-0.25, -0.2) is 9.67 Å². The second-order valence-corrected chi connectivity index (χ2v) is 6.21. The van der Waals surface area contributed by atoms with Crippen LogP contribution in [0, 0.1) is 19.8 Å². The summed E-state index contributed by atoms with van der Waals surface area (Å²) >= 11 is 0. The van der Waals surface area contributed by atoms with E-state index in [0.29, 0.717) is 5.91 Å². The number of likely N-dealkylation sites (tertiary alicyclic amines) is 1. The topological polar surface area (TPSA) is 51.0 Å². The van der Waals surface area contributed by atoms with Gasteiger partial charge in [-0.3, -0.25) is 4.79 Å². The maximum atomic E-state index is 12.7. The molecule has 2 atom stereocenters. The second-order valence-electron chi connectivity index (χ2n) is 6.21. The molecule has 114 valence electrons. The van der Waals surface area contributed by atoms with Crippen LogP contribution in [-0.4, -0.2) is 38.7 Å². The van der Waals surface area contributed by atoms with E-state index in [4.69, 9.17) is 0 Å². The van der Waals surface area contributed by atoms with Crippen LogP contribution in [0.15, 0.2) is 12.2 Å². The van der Waals surface area contributed by atoms with Crippen molar-refractivity contribution in [2.45, 2.75) is 52.0 Å². The first-order valence-corrected chi connectivity index (χ1v) is 7.98. The Labute approximate surface area is 126 Å². The Kier molecular flexibility index (Phi) is 4.08. The van der Waals surface area contributed by atoms with E-state index in [1.54, 1.807) is 0 Å². The van der Waals surface area contributed by atoms with E-state index in [1.807, 2.05) is 18.5 Å². The van der Waals surface area contributed by atoms with Crippen LogP contribution in [-0.2, 0) is 4.79 Å². The van der Waals surface area contributed by atoms with Crippen molar-refractivity contribution < 1.29 is 4.79 Å². The number of nitrogens with zero attached hydrogens (tertiary/aromatic N) is 4. The molecule has 5 heteroatoms. The molecule has 2 heterocycles. The number of carbonyl (C=O) groups excluding carboxylic acids is 1. The Morgan fingerprint density at radius 2 is 2.14 bits per heavy atom. The van der Waals surface area contributed by atoms with Gasteiger partial charge in [0.25, 0.3) is 0 Å². The zero-order valence-corrected chi connectivity index (χ0v) is 13.0. The van der Waals surface area contributed by atoms with E-state index in [-0.39, 0.29) is 12.0 Å². The Morgan fingerprint density at radius 3 is 2.81 bits per heavy atom. The van der Waals surface area contributed by atoms with E-state index >= 15 is 0 Å². The van der Waals surface area contributed by atoms with Gasteiger partial charge in [0, 0.05) is 19.0 Å². The molecule has 3 rings (SSSR count). The van der Waals surface area contributed by atoms with Crippen molar-refractivity contribution >= 4 is 5.91 Å². The molecule has 1 aromatic rings. The van der Waals surface area contributed by atoms with E-state index < -0.39 is 0 Å². The van der Waals surface area contributed by atoms with Crippen molar-refractivity contribution in [2.24, 2.45) is 5.92 Å². The summed E-state index contributed by atoms with van der Waals surface area (Å²) in [5, 5.41) is 4.50. The highest BCUT2D eigenvalue weighted by Gasteiger charge is 2.30. The van der Waals surface area contributed by atoms with E-state index in [1.165, 1.54) is 0 Å². The van der Waals surface area contributed by atoms with Crippen molar-refractivity contribution in [3.05, 3.63) is 23.8 Å². The average molecular weight is 288 g/mol. The molecule has 0 aromatic carbocycles. The Hall–Kier alpha value is -1.65. The molecule has 1 aromatic heterocycles. The van der Waals surface area contributed by atoms with Crippen molar-refractivity contribution in [1.82, 2.24) is 19.7 Å². The molecule has 2 aliphatic rings. The van der Waals surface area contributed by atoms with Gasteiger partial charge in [-0.15, -0.1) is 0 Å². The van der Waals surface area contributed by atoms with E-state index in [0.717, 1.165) is 56.8 Å². The summed E-state index contributed by atoms with van der Waals surface area (Å²) < 4.78 is 2.01. The first-order valence-electron chi connectivity index (χ1n) is 7.98. The fourth-order valence-electron chi connectivity index (χ4n) is 3.51. The predicted molar refractivity (Wildman–Crippen MR) is 80.8 cm³/mol. The molecule has 1 aliphatic carbocycles. The lowest BCUT2D eigenvalue weighted by Gasteiger charge is -2.35. The van der Waals surface area contributed by atoms with Gasteiger partial charge in [0.1, 0.15) is 11.6 Å². The lowest BCUT2D eigenvalue weighted by atomic mass is 9.92. The monoisotopic (exact) mass is 288 g/mol. The van der Waals surface area contributed by atoms with Crippen LogP contribution in [0.2, 0.25) is 0 Å². The SMILES string of the molecule is Cc1nc(C)n([C@@H]2CCCN(C(=O)[C@@H]3CC=CCC3)C2)n1. The molecule has 5 nitrogen and oxygen atoms in total. The molecule has 0 radical (unpaired) electrons. The van der Waals surface area contributed by atoms with Gasteiger partial charge in [0.05, 0.1) is 6.04 Å². The summed E-state index contributed by atoms with van der Waals surface area (Å²) in [5.41, 5.74) is 0. The molecule has 1 amide bonds. The van der Waals surface area contributed by atoms with Crippen LogP contribution < -0.4 is 0 Å². The molecule has 1 fully saturated rings. The van der Waals surface area contributed by atoms with Crippen LogP contribution >= 0.6 is 0 Å². The van der Waals surface area contributed by atoms with Gasteiger partial charge in [-0.2, -0.15) is 5.10 Å². The maximum absolute atomic E-state index is 12.7. The first kappa shape index (κ1) is 14.3.